The van der Waals surface area contributed by atoms with Gasteiger partial charge in [-0.2, -0.15) is 0 Å². The van der Waals surface area contributed by atoms with Crippen LogP contribution in [0.2, 0.25) is 5.02 Å². The predicted octanol–water partition coefficient (Wildman–Crippen LogP) is 2.94. The SMILES string of the molecule is Cl.NC1CCCN(C(=O)CSCc2cccc(Cl)c2)C1. The van der Waals surface area contributed by atoms with Crippen molar-refractivity contribution in [1.29, 1.82) is 0 Å². The van der Waals surface area contributed by atoms with Crippen LogP contribution in [0.4, 0.5) is 0 Å². The van der Waals surface area contributed by atoms with Gasteiger partial charge in [-0.1, -0.05) is 23.7 Å². The molecule has 6 heteroatoms. The Hall–Kier alpha value is -0.420. The third kappa shape index (κ3) is 5.52. The lowest BCUT2D eigenvalue weighted by molar-refractivity contribution is -0.129. The maximum absolute atomic E-state index is 12.0. The highest BCUT2D eigenvalue weighted by molar-refractivity contribution is 7.99. The Kier molecular flexibility index (Phi) is 7.74. The van der Waals surface area contributed by atoms with E-state index in [1.807, 2.05) is 29.2 Å². The smallest absolute Gasteiger partial charge is 0.232 e. The summed E-state index contributed by atoms with van der Waals surface area (Å²) in [6.07, 6.45) is 2.05. The van der Waals surface area contributed by atoms with E-state index in [9.17, 15) is 4.79 Å². The Morgan fingerprint density at radius 3 is 3.00 bits per heavy atom. The Labute approximate surface area is 135 Å². The minimum atomic E-state index is 0. The van der Waals surface area contributed by atoms with E-state index in [0.29, 0.717) is 12.3 Å². The number of carbonyl (C=O) groups is 1. The number of hydrogen-bond donors (Lipinski definition) is 1. The van der Waals surface area contributed by atoms with Gasteiger partial charge in [0.2, 0.25) is 5.91 Å². The van der Waals surface area contributed by atoms with Crippen molar-refractivity contribution in [2.45, 2.75) is 24.6 Å². The van der Waals surface area contributed by atoms with Crippen molar-refractivity contribution in [2.75, 3.05) is 18.8 Å². The second-order valence-electron chi connectivity index (χ2n) is 4.86. The summed E-state index contributed by atoms with van der Waals surface area (Å²) in [5, 5.41) is 0.742. The number of rotatable bonds is 4. The minimum absolute atomic E-state index is 0. The van der Waals surface area contributed by atoms with Gasteiger partial charge in [-0.25, -0.2) is 0 Å². The van der Waals surface area contributed by atoms with Crippen LogP contribution in [0.1, 0.15) is 18.4 Å². The predicted molar refractivity (Wildman–Crippen MR) is 88.7 cm³/mol. The Bertz CT molecular complexity index is 445. The van der Waals surface area contributed by atoms with Crippen LogP contribution in [0.3, 0.4) is 0 Å². The molecule has 2 N–H and O–H groups in total. The minimum Gasteiger partial charge on any atom is -0.340 e. The molecule has 1 aliphatic rings. The van der Waals surface area contributed by atoms with Crippen LogP contribution >= 0.6 is 35.8 Å². The van der Waals surface area contributed by atoms with E-state index in [1.165, 1.54) is 0 Å². The molecule has 1 aromatic rings. The lowest BCUT2D eigenvalue weighted by atomic mass is 10.1. The first-order valence-electron chi connectivity index (χ1n) is 6.50. The summed E-state index contributed by atoms with van der Waals surface area (Å²) < 4.78 is 0. The molecule has 1 heterocycles. The van der Waals surface area contributed by atoms with Crippen LogP contribution in [0.15, 0.2) is 24.3 Å². The van der Waals surface area contributed by atoms with Gasteiger partial charge in [0, 0.05) is 29.9 Å². The molecule has 112 valence electrons. The molecule has 1 unspecified atom stereocenters. The Morgan fingerprint density at radius 2 is 2.30 bits per heavy atom. The molecule has 0 saturated carbocycles. The molecule has 0 aromatic heterocycles. The molecule has 1 saturated heterocycles. The molecule has 1 amide bonds. The summed E-state index contributed by atoms with van der Waals surface area (Å²) >= 11 is 7.55. The number of amides is 1. The number of hydrogen-bond acceptors (Lipinski definition) is 3. The standard InChI is InChI=1S/C14H19ClN2OS.ClH/c15-12-4-1-3-11(7-12)9-19-10-14(18)17-6-2-5-13(16)8-17;/h1,3-4,7,13H,2,5-6,8-10,16H2;1H. The molecular formula is C14H20Cl2N2OS. The van der Waals surface area contributed by atoms with E-state index in [1.54, 1.807) is 11.8 Å². The first-order chi connectivity index (χ1) is 9.15. The van der Waals surface area contributed by atoms with Crippen molar-refractivity contribution < 1.29 is 4.79 Å². The molecule has 1 atom stereocenters. The van der Waals surface area contributed by atoms with Crippen molar-refractivity contribution in [3.8, 4) is 0 Å². The molecule has 0 spiro atoms. The molecule has 3 nitrogen and oxygen atoms in total. The second kappa shape index (κ2) is 8.78. The summed E-state index contributed by atoms with van der Waals surface area (Å²) in [5.74, 6) is 1.52. The number of halogens is 2. The maximum atomic E-state index is 12.0. The van der Waals surface area contributed by atoms with E-state index < -0.39 is 0 Å². The number of nitrogens with zero attached hydrogens (tertiary/aromatic N) is 1. The van der Waals surface area contributed by atoms with Crippen LogP contribution in [0, 0.1) is 0 Å². The van der Waals surface area contributed by atoms with Gasteiger partial charge in [0.25, 0.3) is 0 Å². The highest BCUT2D eigenvalue weighted by Crippen LogP contribution is 2.17. The number of likely N-dealkylation sites (tertiary alicyclic amines) is 1. The van der Waals surface area contributed by atoms with Gasteiger partial charge in [-0.05, 0) is 30.5 Å². The monoisotopic (exact) mass is 334 g/mol. The zero-order valence-corrected chi connectivity index (χ0v) is 13.6. The van der Waals surface area contributed by atoms with Crippen LogP contribution in [-0.2, 0) is 10.5 Å². The summed E-state index contributed by atoms with van der Waals surface area (Å²) in [6.45, 7) is 1.56. The van der Waals surface area contributed by atoms with Gasteiger partial charge in [0.1, 0.15) is 0 Å². The average molecular weight is 335 g/mol. The number of thioether (sulfide) groups is 1. The van der Waals surface area contributed by atoms with Crippen molar-refractivity contribution in [3.05, 3.63) is 34.9 Å². The van der Waals surface area contributed by atoms with Crippen LogP contribution in [-0.4, -0.2) is 35.7 Å². The quantitative estimate of drug-likeness (QED) is 0.920. The molecular weight excluding hydrogens is 315 g/mol. The van der Waals surface area contributed by atoms with E-state index >= 15 is 0 Å². The normalized spacial score (nSPS) is 18.5. The van der Waals surface area contributed by atoms with Crippen LogP contribution in [0.25, 0.3) is 0 Å². The zero-order chi connectivity index (χ0) is 13.7. The van der Waals surface area contributed by atoms with Crippen molar-refractivity contribution >= 4 is 41.7 Å². The largest absolute Gasteiger partial charge is 0.340 e. The lowest BCUT2D eigenvalue weighted by Crippen LogP contribution is -2.46. The molecule has 20 heavy (non-hydrogen) atoms. The Morgan fingerprint density at radius 1 is 1.50 bits per heavy atom. The molecule has 0 aliphatic carbocycles. The van der Waals surface area contributed by atoms with E-state index in [2.05, 4.69) is 0 Å². The third-order valence-corrected chi connectivity index (χ3v) is 4.42. The van der Waals surface area contributed by atoms with Crippen molar-refractivity contribution in [3.63, 3.8) is 0 Å². The number of nitrogens with two attached hydrogens (primary N) is 1. The highest BCUT2D eigenvalue weighted by Gasteiger charge is 2.20. The van der Waals surface area contributed by atoms with Crippen LogP contribution < -0.4 is 5.73 Å². The zero-order valence-electron chi connectivity index (χ0n) is 11.3. The fraction of sp³-hybridized carbons (Fsp3) is 0.500. The fourth-order valence-corrected chi connectivity index (χ4v) is 3.30. The van der Waals surface area contributed by atoms with Crippen molar-refractivity contribution in [2.24, 2.45) is 5.73 Å². The highest BCUT2D eigenvalue weighted by atomic mass is 35.5. The summed E-state index contributed by atoms with van der Waals surface area (Å²) in [5.41, 5.74) is 7.04. The van der Waals surface area contributed by atoms with Gasteiger partial charge in [-0.3, -0.25) is 4.79 Å². The van der Waals surface area contributed by atoms with Gasteiger partial charge in [0.05, 0.1) is 5.75 Å². The molecule has 1 fully saturated rings. The van der Waals surface area contributed by atoms with Crippen LogP contribution in [0.5, 0.6) is 0 Å². The molecule has 0 radical (unpaired) electrons. The van der Waals surface area contributed by atoms with Gasteiger partial charge < -0.3 is 10.6 Å². The molecule has 1 aliphatic heterocycles. The first-order valence-corrected chi connectivity index (χ1v) is 8.04. The summed E-state index contributed by atoms with van der Waals surface area (Å²) in [7, 11) is 0. The first kappa shape index (κ1) is 17.6. The molecule has 2 rings (SSSR count). The lowest BCUT2D eigenvalue weighted by Gasteiger charge is -2.30. The maximum Gasteiger partial charge on any atom is 0.232 e. The second-order valence-corrected chi connectivity index (χ2v) is 6.29. The number of carbonyl (C=O) groups excluding carboxylic acids is 1. The summed E-state index contributed by atoms with van der Waals surface area (Å²) in [6, 6.07) is 7.91. The van der Waals surface area contributed by atoms with E-state index in [0.717, 1.165) is 35.7 Å². The van der Waals surface area contributed by atoms with Crippen molar-refractivity contribution in [1.82, 2.24) is 4.90 Å². The molecule has 1 aromatic carbocycles. The molecule has 0 bridgehead atoms. The third-order valence-electron chi connectivity index (χ3n) is 3.19. The van der Waals surface area contributed by atoms with E-state index in [4.69, 9.17) is 17.3 Å². The van der Waals surface area contributed by atoms with Gasteiger partial charge in [0.15, 0.2) is 0 Å². The van der Waals surface area contributed by atoms with Gasteiger partial charge >= 0.3 is 0 Å². The van der Waals surface area contributed by atoms with Gasteiger partial charge in [-0.15, -0.1) is 24.2 Å². The fourth-order valence-electron chi connectivity index (χ4n) is 2.21. The average Bonchev–Trinajstić information content (AvgIpc) is 2.38. The number of benzene rings is 1. The topological polar surface area (TPSA) is 46.3 Å². The Balaban J connectivity index is 0.00000200. The van der Waals surface area contributed by atoms with E-state index in [-0.39, 0.29) is 24.4 Å². The number of piperidine rings is 1. The summed E-state index contributed by atoms with van der Waals surface area (Å²) in [4.78, 5) is 13.9.